The molecule has 0 aliphatic carbocycles. The van der Waals surface area contributed by atoms with Crippen LogP contribution in [0.25, 0.3) is 0 Å². The molecule has 1 aromatic carbocycles. The number of nitrogens with one attached hydrogen (secondary N) is 2. The molecule has 8 nitrogen and oxygen atoms in total. The van der Waals surface area contributed by atoms with Crippen molar-refractivity contribution in [2.24, 2.45) is 7.05 Å². The smallest absolute Gasteiger partial charge is 0.296 e. The fourth-order valence-electron chi connectivity index (χ4n) is 2.67. The fraction of sp³-hybridized carbons (Fsp3) is 0.333. The number of carbonyl (C=O) groups is 2. The molecule has 0 bridgehead atoms. The van der Waals surface area contributed by atoms with E-state index in [0.29, 0.717) is 5.56 Å². The van der Waals surface area contributed by atoms with Crippen LogP contribution in [0.2, 0.25) is 0 Å². The van der Waals surface area contributed by atoms with Crippen molar-refractivity contribution < 1.29 is 19.1 Å². The maximum atomic E-state index is 12.9. The van der Waals surface area contributed by atoms with Crippen LogP contribution < -0.4 is 16.2 Å². The van der Waals surface area contributed by atoms with E-state index >= 15 is 0 Å². The molecule has 0 aliphatic rings. The molecule has 0 fully saturated rings. The molecule has 27 heavy (non-hydrogen) atoms. The van der Waals surface area contributed by atoms with Gasteiger partial charge in [0.05, 0.1) is 5.54 Å². The molecule has 3 N–H and O–H groups in total. The van der Waals surface area contributed by atoms with Gasteiger partial charge in [-0.15, -0.1) is 0 Å². The summed E-state index contributed by atoms with van der Waals surface area (Å²) in [5.41, 5.74) is -1.69. The Balaban J connectivity index is 2.35. The van der Waals surface area contributed by atoms with Crippen LogP contribution in [0.15, 0.2) is 29.1 Å². The van der Waals surface area contributed by atoms with Crippen molar-refractivity contribution in [2.75, 3.05) is 0 Å². The predicted octanol–water partition coefficient (Wildman–Crippen LogP) is 0.926. The monoisotopic (exact) mass is 376 g/mol. The van der Waals surface area contributed by atoms with Gasteiger partial charge in [-0.05, 0) is 31.5 Å². The predicted molar refractivity (Wildman–Crippen MR) is 95.6 cm³/mol. The highest BCUT2D eigenvalue weighted by atomic mass is 19.1. The molecule has 0 aliphatic heterocycles. The van der Waals surface area contributed by atoms with Crippen molar-refractivity contribution in [3.8, 4) is 5.75 Å². The van der Waals surface area contributed by atoms with Crippen LogP contribution in [0.4, 0.5) is 4.39 Å². The van der Waals surface area contributed by atoms with Crippen molar-refractivity contribution in [3.63, 3.8) is 0 Å². The highest BCUT2D eigenvalue weighted by molar-refractivity contribution is 5.94. The molecule has 0 saturated heterocycles. The van der Waals surface area contributed by atoms with Crippen LogP contribution in [0.5, 0.6) is 5.75 Å². The van der Waals surface area contributed by atoms with Crippen LogP contribution >= 0.6 is 0 Å². The van der Waals surface area contributed by atoms with E-state index in [4.69, 9.17) is 0 Å². The third kappa shape index (κ3) is 4.49. The molecule has 1 aromatic heterocycles. The molecule has 0 radical (unpaired) electrons. The first-order chi connectivity index (χ1) is 12.5. The summed E-state index contributed by atoms with van der Waals surface area (Å²) in [6.45, 7) is 4.61. The van der Waals surface area contributed by atoms with E-state index in [9.17, 15) is 23.9 Å². The molecule has 0 saturated carbocycles. The number of aromatic hydroxyl groups is 1. The van der Waals surface area contributed by atoms with Crippen LogP contribution in [-0.4, -0.2) is 26.5 Å². The first kappa shape index (κ1) is 20.1. The Bertz CT molecular complexity index is 936. The van der Waals surface area contributed by atoms with Crippen molar-refractivity contribution in [1.82, 2.24) is 20.2 Å². The quantitative estimate of drug-likeness (QED) is 0.718. The lowest BCUT2D eigenvalue weighted by atomic mass is 10.0. The van der Waals surface area contributed by atoms with E-state index in [1.54, 1.807) is 13.8 Å². The number of hydrogen-bond donors (Lipinski definition) is 3. The van der Waals surface area contributed by atoms with Gasteiger partial charge in [0.2, 0.25) is 11.7 Å². The highest BCUT2D eigenvalue weighted by Crippen LogP contribution is 2.19. The Kier molecular flexibility index (Phi) is 5.63. The average molecular weight is 376 g/mol. The third-order valence-corrected chi connectivity index (χ3v) is 3.90. The molecule has 2 rings (SSSR count). The lowest BCUT2D eigenvalue weighted by Crippen LogP contribution is -2.45. The second kappa shape index (κ2) is 7.56. The first-order valence-corrected chi connectivity index (χ1v) is 8.15. The van der Waals surface area contributed by atoms with E-state index in [1.807, 2.05) is 0 Å². The molecule has 2 amide bonds. The standard InChI is InChI=1S/C18H21FN4O4/c1-10(24)22-18(2,3)17-21-13(14(25)16(27)23(17)4)15(26)20-9-11-5-7-12(19)8-6-11/h5-8,25H,9H2,1-4H3,(H,20,26)(H,22,24). The zero-order chi connectivity index (χ0) is 20.4. The van der Waals surface area contributed by atoms with Gasteiger partial charge >= 0.3 is 0 Å². The summed E-state index contributed by atoms with van der Waals surface area (Å²) in [4.78, 5) is 40.3. The summed E-state index contributed by atoms with van der Waals surface area (Å²) in [5.74, 6) is -2.20. The number of nitrogens with zero attached hydrogens (tertiary/aromatic N) is 2. The summed E-state index contributed by atoms with van der Waals surface area (Å²) >= 11 is 0. The van der Waals surface area contributed by atoms with Crippen molar-refractivity contribution in [3.05, 3.63) is 57.5 Å². The summed E-state index contributed by atoms with van der Waals surface area (Å²) < 4.78 is 14.0. The van der Waals surface area contributed by atoms with E-state index in [-0.39, 0.29) is 18.3 Å². The molecule has 0 spiro atoms. The Labute approximate surface area is 155 Å². The second-order valence-electron chi connectivity index (χ2n) is 6.61. The Morgan fingerprint density at radius 2 is 1.85 bits per heavy atom. The number of benzene rings is 1. The normalized spacial score (nSPS) is 11.1. The summed E-state index contributed by atoms with van der Waals surface area (Å²) in [7, 11) is 1.38. The lowest BCUT2D eigenvalue weighted by Gasteiger charge is -2.27. The molecule has 9 heteroatoms. The molecule has 144 valence electrons. The molecule has 0 atom stereocenters. The summed E-state index contributed by atoms with van der Waals surface area (Å²) in [5, 5.41) is 15.2. The van der Waals surface area contributed by atoms with Crippen LogP contribution in [0.3, 0.4) is 0 Å². The van der Waals surface area contributed by atoms with Gasteiger partial charge in [0.15, 0.2) is 5.69 Å². The van der Waals surface area contributed by atoms with Crippen LogP contribution in [0.1, 0.15) is 42.6 Å². The number of carbonyl (C=O) groups excluding carboxylic acids is 2. The van der Waals surface area contributed by atoms with Crippen molar-refractivity contribution in [1.29, 1.82) is 0 Å². The fourth-order valence-corrected chi connectivity index (χ4v) is 2.67. The minimum atomic E-state index is -1.06. The number of aromatic nitrogens is 2. The summed E-state index contributed by atoms with van der Waals surface area (Å²) in [6.07, 6.45) is 0. The largest absolute Gasteiger partial charge is 0.501 e. The molecule has 0 unspecified atom stereocenters. The van der Waals surface area contributed by atoms with Gasteiger partial charge in [0.1, 0.15) is 11.6 Å². The van der Waals surface area contributed by atoms with Gasteiger partial charge < -0.3 is 15.7 Å². The molecule has 2 aromatic rings. The first-order valence-electron chi connectivity index (χ1n) is 8.15. The highest BCUT2D eigenvalue weighted by Gasteiger charge is 2.30. The van der Waals surface area contributed by atoms with Crippen LogP contribution in [0, 0.1) is 5.82 Å². The molecular formula is C18H21FN4O4. The zero-order valence-electron chi connectivity index (χ0n) is 15.5. The van der Waals surface area contributed by atoms with Crippen molar-refractivity contribution in [2.45, 2.75) is 32.9 Å². The number of amides is 2. The SMILES string of the molecule is CC(=O)NC(C)(C)c1nc(C(=O)NCc2ccc(F)cc2)c(O)c(=O)n1C. The second-order valence-corrected chi connectivity index (χ2v) is 6.61. The maximum absolute atomic E-state index is 12.9. The number of rotatable bonds is 5. The van der Waals surface area contributed by atoms with E-state index < -0.39 is 34.3 Å². The topological polar surface area (TPSA) is 113 Å². The van der Waals surface area contributed by atoms with Crippen molar-refractivity contribution >= 4 is 11.8 Å². The molecular weight excluding hydrogens is 355 g/mol. The lowest BCUT2D eigenvalue weighted by molar-refractivity contribution is -0.120. The van der Waals surface area contributed by atoms with Gasteiger partial charge in [0, 0.05) is 20.5 Å². The Morgan fingerprint density at radius 1 is 1.26 bits per heavy atom. The van der Waals surface area contributed by atoms with Crippen LogP contribution in [-0.2, 0) is 23.9 Å². The minimum Gasteiger partial charge on any atom is -0.501 e. The Hall–Kier alpha value is -3.23. The van der Waals surface area contributed by atoms with E-state index in [1.165, 1.54) is 38.2 Å². The van der Waals surface area contributed by atoms with Gasteiger partial charge in [0.25, 0.3) is 11.5 Å². The van der Waals surface area contributed by atoms with Gasteiger partial charge in [-0.2, -0.15) is 0 Å². The average Bonchev–Trinajstić information content (AvgIpc) is 2.57. The van der Waals surface area contributed by atoms with Gasteiger partial charge in [-0.3, -0.25) is 19.0 Å². The van der Waals surface area contributed by atoms with Gasteiger partial charge in [-0.25, -0.2) is 9.37 Å². The van der Waals surface area contributed by atoms with E-state index in [0.717, 1.165) is 4.57 Å². The molecule has 1 heterocycles. The number of halogens is 1. The maximum Gasteiger partial charge on any atom is 0.296 e. The number of hydrogen-bond acceptors (Lipinski definition) is 5. The van der Waals surface area contributed by atoms with E-state index in [2.05, 4.69) is 15.6 Å². The summed E-state index contributed by atoms with van der Waals surface area (Å²) in [6, 6.07) is 5.50. The Morgan fingerprint density at radius 3 is 2.41 bits per heavy atom. The minimum absolute atomic E-state index is 0.0554. The van der Waals surface area contributed by atoms with Gasteiger partial charge in [-0.1, -0.05) is 12.1 Å². The zero-order valence-corrected chi connectivity index (χ0v) is 15.5. The third-order valence-electron chi connectivity index (χ3n) is 3.90.